The molecule has 0 saturated carbocycles. The largest absolute Gasteiger partial charge is 0.339 e. The molecule has 0 aliphatic rings. The first-order valence-electron chi connectivity index (χ1n) is 11.2. The Hall–Kier alpha value is -3.13. The monoisotopic (exact) mass is 410 g/mol. The molecule has 160 valence electrons. The average molecular weight is 411 g/mol. The fourth-order valence-electron chi connectivity index (χ4n) is 4.05. The third-order valence-corrected chi connectivity index (χ3v) is 5.83. The van der Waals surface area contributed by atoms with E-state index in [1.165, 1.54) is 56.1 Å². The van der Waals surface area contributed by atoms with Crippen LogP contribution in [0.2, 0.25) is 0 Å². The molecule has 1 N–H and O–H groups in total. The predicted molar refractivity (Wildman–Crippen MR) is 138 cm³/mol. The number of H-pyrrole nitrogens is 1. The summed E-state index contributed by atoms with van der Waals surface area (Å²) in [6.07, 6.45) is 5.16. The fourth-order valence-corrected chi connectivity index (χ4v) is 4.05. The maximum Gasteiger partial charge on any atom is 0.138 e. The summed E-state index contributed by atoms with van der Waals surface area (Å²) < 4.78 is 0. The first kappa shape index (κ1) is 22.6. The topological polar surface area (TPSA) is 28.7 Å². The van der Waals surface area contributed by atoms with Crippen LogP contribution in [0.5, 0.6) is 0 Å². The van der Waals surface area contributed by atoms with Crippen molar-refractivity contribution in [1.29, 1.82) is 0 Å². The van der Waals surface area contributed by atoms with Gasteiger partial charge < -0.3 is 4.98 Å². The number of hydrogen-bond acceptors (Lipinski definition) is 1. The van der Waals surface area contributed by atoms with Crippen molar-refractivity contribution in [1.82, 2.24) is 9.97 Å². The van der Waals surface area contributed by atoms with Crippen molar-refractivity contribution in [2.24, 2.45) is 5.92 Å². The third kappa shape index (κ3) is 4.64. The van der Waals surface area contributed by atoms with Crippen molar-refractivity contribution in [2.45, 2.75) is 47.0 Å². The van der Waals surface area contributed by atoms with Crippen LogP contribution in [0.25, 0.3) is 38.6 Å². The SMILES string of the molecule is C=C.C=C(CC)c1cccc(-c2ccc(CCC(C)C)c3[nH]c4ncc(C)cc4c23)c1. The number of fused-ring (bicyclic) bond motifs is 3. The van der Waals surface area contributed by atoms with Gasteiger partial charge in [-0.15, -0.1) is 13.2 Å². The molecule has 0 saturated heterocycles. The lowest BCUT2D eigenvalue weighted by molar-refractivity contribution is 0.588. The summed E-state index contributed by atoms with van der Waals surface area (Å²) >= 11 is 0. The van der Waals surface area contributed by atoms with Gasteiger partial charge in [0, 0.05) is 17.0 Å². The number of benzene rings is 2. The number of hydrogen-bond donors (Lipinski definition) is 1. The van der Waals surface area contributed by atoms with E-state index in [-0.39, 0.29) is 0 Å². The average Bonchev–Trinajstić information content (AvgIpc) is 3.17. The van der Waals surface area contributed by atoms with E-state index >= 15 is 0 Å². The molecule has 2 heterocycles. The van der Waals surface area contributed by atoms with E-state index < -0.39 is 0 Å². The van der Waals surface area contributed by atoms with E-state index in [1.807, 2.05) is 6.20 Å². The van der Waals surface area contributed by atoms with E-state index in [0.717, 1.165) is 18.5 Å². The maximum absolute atomic E-state index is 4.68. The fraction of sp³-hybridized carbons (Fsp3) is 0.276. The number of aryl methyl sites for hydroxylation is 2. The highest BCUT2D eigenvalue weighted by atomic mass is 14.9. The second-order valence-corrected chi connectivity index (χ2v) is 8.53. The van der Waals surface area contributed by atoms with Gasteiger partial charge in [-0.1, -0.05) is 57.7 Å². The molecule has 0 aliphatic carbocycles. The molecule has 4 rings (SSSR count). The molecule has 0 spiro atoms. The summed E-state index contributed by atoms with van der Waals surface area (Å²) in [5, 5.41) is 2.50. The minimum absolute atomic E-state index is 0.686. The summed E-state index contributed by atoms with van der Waals surface area (Å²) in [5.41, 5.74) is 9.66. The highest BCUT2D eigenvalue weighted by Crippen LogP contribution is 2.37. The molecular formula is C29H34N2. The van der Waals surface area contributed by atoms with Crippen LogP contribution in [0.4, 0.5) is 0 Å². The van der Waals surface area contributed by atoms with Gasteiger partial charge in [-0.2, -0.15) is 0 Å². The Bertz CT molecular complexity index is 1210. The summed E-state index contributed by atoms with van der Waals surface area (Å²) in [7, 11) is 0. The van der Waals surface area contributed by atoms with Gasteiger partial charge in [0.15, 0.2) is 0 Å². The van der Waals surface area contributed by atoms with Crippen molar-refractivity contribution in [3.05, 3.63) is 85.1 Å². The van der Waals surface area contributed by atoms with Crippen molar-refractivity contribution in [3.63, 3.8) is 0 Å². The van der Waals surface area contributed by atoms with Gasteiger partial charge in [-0.05, 0) is 77.6 Å². The molecule has 0 radical (unpaired) electrons. The van der Waals surface area contributed by atoms with Crippen LogP contribution in [0.1, 0.15) is 50.3 Å². The molecule has 4 aromatic rings. The Morgan fingerprint density at radius 1 is 1.10 bits per heavy atom. The third-order valence-electron chi connectivity index (χ3n) is 5.83. The Balaban J connectivity index is 0.00000132. The van der Waals surface area contributed by atoms with E-state index in [0.29, 0.717) is 5.92 Å². The first-order valence-corrected chi connectivity index (χ1v) is 11.2. The molecule has 2 nitrogen and oxygen atoms in total. The summed E-state index contributed by atoms with van der Waals surface area (Å²) in [6.45, 7) is 19.1. The standard InChI is InChI=1S/C27H30N2.C2H4/c1-6-19(5)21-8-7-9-22(15-21)23-13-12-20(11-10-17(2)3)26-25(23)24-14-18(4)16-28-27(24)29-26;1-2/h7-9,12-17H,5-6,10-11H2,1-4H3,(H,28,29);1-2H2. The minimum atomic E-state index is 0.686. The first-order chi connectivity index (χ1) is 15.0. The number of rotatable bonds is 6. The Morgan fingerprint density at radius 3 is 2.58 bits per heavy atom. The molecule has 0 atom stereocenters. The molecule has 0 bridgehead atoms. The summed E-state index contributed by atoms with van der Waals surface area (Å²) in [6, 6.07) is 15.6. The number of nitrogens with one attached hydrogen (secondary N) is 1. The minimum Gasteiger partial charge on any atom is -0.339 e. The Kier molecular flexibility index (Phi) is 7.12. The van der Waals surface area contributed by atoms with Crippen molar-refractivity contribution >= 4 is 27.5 Å². The predicted octanol–water partition coefficient (Wildman–Crippen LogP) is 8.51. The molecule has 2 aromatic carbocycles. The number of aromatic nitrogens is 2. The van der Waals surface area contributed by atoms with Crippen LogP contribution >= 0.6 is 0 Å². The van der Waals surface area contributed by atoms with Crippen LogP contribution in [-0.4, -0.2) is 9.97 Å². The smallest absolute Gasteiger partial charge is 0.138 e. The van der Waals surface area contributed by atoms with Crippen LogP contribution in [0.3, 0.4) is 0 Å². The lowest BCUT2D eigenvalue weighted by Gasteiger charge is -2.12. The zero-order valence-electron chi connectivity index (χ0n) is 19.4. The van der Waals surface area contributed by atoms with Gasteiger partial charge in [-0.25, -0.2) is 4.98 Å². The van der Waals surface area contributed by atoms with Crippen LogP contribution < -0.4 is 0 Å². The summed E-state index contributed by atoms with van der Waals surface area (Å²) in [5.74, 6) is 0.686. The lowest BCUT2D eigenvalue weighted by atomic mass is 9.92. The second-order valence-electron chi connectivity index (χ2n) is 8.53. The van der Waals surface area contributed by atoms with Crippen molar-refractivity contribution in [2.75, 3.05) is 0 Å². The van der Waals surface area contributed by atoms with Gasteiger partial charge in [0.2, 0.25) is 0 Å². The van der Waals surface area contributed by atoms with Crippen LogP contribution in [0.15, 0.2) is 68.4 Å². The van der Waals surface area contributed by atoms with Gasteiger partial charge in [0.1, 0.15) is 5.65 Å². The molecule has 0 fully saturated rings. The zero-order valence-corrected chi connectivity index (χ0v) is 19.4. The summed E-state index contributed by atoms with van der Waals surface area (Å²) in [4.78, 5) is 8.31. The van der Waals surface area contributed by atoms with E-state index in [4.69, 9.17) is 0 Å². The van der Waals surface area contributed by atoms with Gasteiger partial charge >= 0.3 is 0 Å². The molecule has 2 heteroatoms. The molecule has 0 unspecified atom stereocenters. The highest BCUT2D eigenvalue weighted by Gasteiger charge is 2.15. The normalized spacial score (nSPS) is 11.0. The van der Waals surface area contributed by atoms with Gasteiger partial charge in [0.25, 0.3) is 0 Å². The zero-order chi connectivity index (χ0) is 22.5. The van der Waals surface area contributed by atoms with Crippen LogP contribution in [-0.2, 0) is 6.42 Å². The van der Waals surface area contributed by atoms with Gasteiger partial charge in [-0.3, -0.25) is 0 Å². The molecule has 0 amide bonds. The molecule has 31 heavy (non-hydrogen) atoms. The molecule has 2 aromatic heterocycles. The van der Waals surface area contributed by atoms with Crippen molar-refractivity contribution in [3.8, 4) is 11.1 Å². The quantitative estimate of drug-likeness (QED) is 0.317. The number of allylic oxidation sites excluding steroid dienone is 1. The van der Waals surface area contributed by atoms with Crippen molar-refractivity contribution < 1.29 is 0 Å². The van der Waals surface area contributed by atoms with E-state index in [2.05, 4.69) is 99.9 Å². The van der Waals surface area contributed by atoms with E-state index in [9.17, 15) is 0 Å². The number of aromatic amines is 1. The highest BCUT2D eigenvalue weighted by molar-refractivity contribution is 6.14. The van der Waals surface area contributed by atoms with Crippen LogP contribution in [0, 0.1) is 12.8 Å². The lowest BCUT2D eigenvalue weighted by Crippen LogP contribution is -1.94. The van der Waals surface area contributed by atoms with Gasteiger partial charge in [0.05, 0.1) is 5.52 Å². The number of pyridine rings is 1. The van der Waals surface area contributed by atoms with E-state index in [1.54, 1.807) is 0 Å². The molecule has 0 aliphatic heterocycles. The maximum atomic E-state index is 4.68. The Morgan fingerprint density at radius 2 is 1.87 bits per heavy atom. The Labute approximate surface area is 186 Å². The molecular weight excluding hydrogens is 376 g/mol. The number of nitrogens with zero attached hydrogens (tertiary/aromatic N) is 1. The second kappa shape index (κ2) is 9.78.